The second kappa shape index (κ2) is 6.34. The highest BCUT2D eigenvalue weighted by atomic mass is 32.2. The molecular weight excluding hydrogens is 237 g/mol. The van der Waals surface area contributed by atoms with Crippen LogP contribution in [-0.4, -0.2) is 24.6 Å². The van der Waals surface area contributed by atoms with Gasteiger partial charge in [-0.15, -0.1) is 0 Å². The van der Waals surface area contributed by atoms with Crippen molar-refractivity contribution in [1.82, 2.24) is 0 Å². The first kappa shape index (κ1) is 14.7. The van der Waals surface area contributed by atoms with Crippen molar-refractivity contribution in [3.8, 4) is 0 Å². The molecule has 15 heavy (non-hydrogen) atoms. The summed E-state index contributed by atoms with van der Waals surface area (Å²) in [4.78, 5) is -1.43. The van der Waals surface area contributed by atoms with E-state index in [9.17, 15) is 8.42 Å². The molecule has 0 rings (SSSR count). The van der Waals surface area contributed by atoms with Crippen molar-refractivity contribution in [3.05, 3.63) is 24.3 Å². The van der Waals surface area contributed by atoms with Gasteiger partial charge in [-0.05, 0) is 26.0 Å². The lowest BCUT2D eigenvalue weighted by molar-refractivity contribution is 0.270. The number of allylic oxidation sites excluding steroid dienone is 2. The quantitative estimate of drug-likeness (QED) is 0.311. The molecule has 0 radical (unpaired) electrons. The Balaban J connectivity index is 5.10. The first-order valence-corrected chi connectivity index (χ1v) is 6.54. The average molecular weight is 251 g/mol. The van der Waals surface area contributed by atoms with Gasteiger partial charge in [-0.2, -0.15) is 0 Å². The fourth-order valence-electron chi connectivity index (χ4n) is 0.884. The van der Waals surface area contributed by atoms with Gasteiger partial charge in [-0.1, -0.05) is 12.2 Å². The van der Waals surface area contributed by atoms with Crippen LogP contribution in [0.4, 0.5) is 0 Å². The zero-order valence-electron chi connectivity index (χ0n) is 8.58. The van der Waals surface area contributed by atoms with Gasteiger partial charge < -0.3 is 10.2 Å². The van der Waals surface area contributed by atoms with E-state index in [-0.39, 0.29) is 12.0 Å². The van der Waals surface area contributed by atoms with Gasteiger partial charge in [0.2, 0.25) is 9.97 Å². The smallest absolute Gasteiger partial charge is 0.357 e. The van der Waals surface area contributed by atoms with E-state index in [2.05, 4.69) is 0 Å². The van der Waals surface area contributed by atoms with Crippen LogP contribution in [0.3, 0.4) is 0 Å². The summed E-state index contributed by atoms with van der Waals surface area (Å²) in [5, 5.41) is 0. The SMILES string of the molecule is CC=CC(C=CC)(OS(=O)(=O)BN)SO. The van der Waals surface area contributed by atoms with Gasteiger partial charge in [0.15, 0.2) is 4.93 Å². The molecule has 0 heterocycles. The predicted molar refractivity (Wildman–Crippen MR) is 63.9 cm³/mol. The van der Waals surface area contributed by atoms with Crippen LogP contribution in [0.5, 0.6) is 0 Å². The third kappa shape index (κ3) is 4.85. The molecule has 0 aliphatic carbocycles. The number of hydrogen-bond donors (Lipinski definition) is 2. The van der Waals surface area contributed by atoms with E-state index in [1.165, 1.54) is 12.2 Å². The fourth-order valence-corrected chi connectivity index (χ4v) is 2.29. The van der Waals surface area contributed by atoms with Gasteiger partial charge in [-0.25, -0.2) is 12.6 Å². The van der Waals surface area contributed by atoms with Crippen LogP contribution >= 0.6 is 12.0 Å². The number of rotatable bonds is 6. The number of hydrogen-bond acceptors (Lipinski definition) is 6. The molecule has 0 aromatic heterocycles. The molecule has 0 aromatic carbocycles. The third-order valence-corrected chi connectivity index (χ3v) is 3.09. The summed E-state index contributed by atoms with van der Waals surface area (Å²) in [6, 6.07) is 0. The lowest BCUT2D eigenvalue weighted by Gasteiger charge is -2.22. The van der Waals surface area contributed by atoms with Crippen LogP contribution in [0.25, 0.3) is 0 Å². The van der Waals surface area contributed by atoms with Gasteiger partial charge in [0.05, 0.1) is 0 Å². The molecule has 0 aliphatic rings. The summed E-state index contributed by atoms with van der Waals surface area (Å²) in [6.07, 6.45) is 6.00. The highest BCUT2D eigenvalue weighted by Gasteiger charge is 2.31. The Kier molecular flexibility index (Phi) is 6.22. The molecular formula is C7H14BNO4S2. The highest BCUT2D eigenvalue weighted by molar-refractivity contribution is 8.11. The topological polar surface area (TPSA) is 89.6 Å². The second-order valence-electron chi connectivity index (χ2n) is 2.62. The average Bonchev–Trinajstić information content (AvgIpc) is 2.18. The van der Waals surface area contributed by atoms with Crippen LogP contribution in [0.2, 0.25) is 0 Å². The molecule has 0 atom stereocenters. The summed E-state index contributed by atoms with van der Waals surface area (Å²) < 4.78 is 36.2. The van der Waals surface area contributed by atoms with E-state index in [0.29, 0.717) is 0 Å². The normalized spacial score (nSPS) is 17.1. The minimum Gasteiger partial charge on any atom is -0.357 e. The Labute approximate surface area is 94.9 Å². The van der Waals surface area contributed by atoms with Gasteiger partial charge in [0, 0.05) is 12.0 Å². The monoisotopic (exact) mass is 251 g/mol. The maximum atomic E-state index is 11.2. The molecule has 0 saturated heterocycles. The Morgan fingerprint density at radius 3 is 2.13 bits per heavy atom. The molecule has 0 aromatic rings. The van der Waals surface area contributed by atoms with Crippen LogP contribution in [0.15, 0.2) is 24.3 Å². The van der Waals surface area contributed by atoms with E-state index in [4.69, 9.17) is 14.4 Å². The zero-order valence-corrected chi connectivity index (χ0v) is 10.2. The maximum Gasteiger partial charge on any atom is 0.385 e. The first-order chi connectivity index (χ1) is 6.95. The van der Waals surface area contributed by atoms with Gasteiger partial charge in [0.25, 0.3) is 0 Å². The van der Waals surface area contributed by atoms with Crippen molar-refractivity contribution in [2.45, 2.75) is 18.8 Å². The summed E-state index contributed by atoms with van der Waals surface area (Å²) in [5.74, 6) is 0. The van der Waals surface area contributed by atoms with E-state index in [1.54, 1.807) is 26.0 Å². The van der Waals surface area contributed by atoms with Crippen molar-refractivity contribution in [1.29, 1.82) is 0 Å². The standard InChI is InChI=1S/C7H14BNO4S2/c1-3-5-7(14-10,6-4-2)13-15(11,12)8-9/h3-6,8,10H,9H2,1-2H3. The minimum absolute atomic E-state index is 0.278. The summed E-state index contributed by atoms with van der Waals surface area (Å²) >= 11 is 0.278. The molecule has 0 fully saturated rings. The van der Waals surface area contributed by atoms with E-state index in [0.717, 1.165) is 0 Å². The Hall–Kier alpha value is -0.275. The number of nitrogens with two attached hydrogens (primary N) is 1. The molecule has 0 unspecified atom stereocenters. The first-order valence-electron chi connectivity index (χ1n) is 4.19. The van der Waals surface area contributed by atoms with Crippen molar-refractivity contribution in [2.24, 2.45) is 5.64 Å². The van der Waals surface area contributed by atoms with Crippen molar-refractivity contribution in [3.63, 3.8) is 0 Å². The molecule has 5 nitrogen and oxygen atoms in total. The van der Waals surface area contributed by atoms with Crippen LogP contribution in [0, 0.1) is 0 Å². The van der Waals surface area contributed by atoms with Crippen LogP contribution in [0.1, 0.15) is 13.8 Å². The molecule has 0 spiro atoms. The van der Waals surface area contributed by atoms with Crippen molar-refractivity contribution < 1.29 is 17.2 Å². The van der Waals surface area contributed by atoms with E-state index < -0.39 is 21.6 Å². The van der Waals surface area contributed by atoms with Crippen molar-refractivity contribution >= 4 is 28.7 Å². The molecule has 0 saturated carbocycles. The second-order valence-corrected chi connectivity index (χ2v) is 5.06. The van der Waals surface area contributed by atoms with E-state index in [1.807, 2.05) is 0 Å². The Morgan fingerprint density at radius 2 is 1.87 bits per heavy atom. The molecule has 0 aliphatic heterocycles. The van der Waals surface area contributed by atoms with Gasteiger partial charge in [-0.3, -0.25) is 0 Å². The van der Waals surface area contributed by atoms with Crippen LogP contribution in [-0.2, 0) is 14.2 Å². The van der Waals surface area contributed by atoms with Crippen LogP contribution < -0.4 is 5.64 Å². The molecule has 0 bridgehead atoms. The minimum atomic E-state index is -3.84. The summed E-state index contributed by atoms with van der Waals surface area (Å²) in [7, 11) is -3.84. The highest BCUT2D eigenvalue weighted by Crippen LogP contribution is 2.29. The lowest BCUT2D eigenvalue weighted by Crippen LogP contribution is -2.32. The van der Waals surface area contributed by atoms with Gasteiger partial charge in [0.1, 0.15) is 0 Å². The predicted octanol–water partition coefficient (Wildman–Crippen LogP) is 0.613. The fraction of sp³-hybridized carbons (Fsp3) is 0.429. The summed E-state index contributed by atoms with van der Waals surface area (Å²) in [5.41, 5.74) is 5.01. The lowest BCUT2D eigenvalue weighted by atomic mass is 10.3. The Bertz CT molecular complexity index is 327. The third-order valence-electron chi connectivity index (χ3n) is 1.40. The largest absolute Gasteiger partial charge is 0.385 e. The van der Waals surface area contributed by atoms with Crippen molar-refractivity contribution in [2.75, 3.05) is 0 Å². The molecule has 3 N–H and O–H groups in total. The summed E-state index contributed by atoms with van der Waals surface area (Å²) in [6.45, 7) is 2.74. The molecule has 0 amide bonds. The van der Waals surface area contributed by atoms with E-state index >= 15 is 0 Å². The Morgan fingerprint density at radius 1 is 1.40 bits per heavy atom. The molecule has 8 heteroatoms. The maximum absolute atomic E-state index is 11.2. The molecule has 86 valence electrons. The van der Waals surface area contributed by atoms with Gasteiger partial charge >= 0.3 is 6.69 Å². The zero-order chi connectivity index (χ0) is 11.9.